The van der Waals surface area contributed by atoms with Gasteiger partial charge in [-0.3, -0.25) is 9.59 Å². The molecule has 0 aromatic heterocycles. The lowest BCUT2D eigenvalue weighted by molar-refractivity contribution is -0.274. The summed E-state index contributed by atoms with van der Waals surface area (Å²) in [5.74, 6) is -1.27. The van der Waals surface area contributed by atoms with Crippen LogP contribution in [0.15, 0.2) is 48.5 Å². The van der Waals surface area contributed by atoms with E-state index in [1.807, 2.05) is 0 Å². The van der Waals surface area contributed by atoms with Crippen LogP contribution >= 0.6 is 0 Å². The summed E-state index contributed by atoms with van der Waals surface area (Å²) in [5.41, 5.74) is 0.787. The predicted molar refractivity (Wildman–Crippen MR) is 95.1 cm³/mol. The van der Waals surface area contributed by atoms with Gasteiger partial charge in [-0.1, -0.05) is 12.1 Å². The predicted octanol–water partition coefficient (Wildman–Crippen LogP) is 3.96. The molecule has 1 aliphatic heterocycles. The van der Waals surface area contributed by atoms with Crippen molar-refractivity contribution in [3.05, 3.63) is 54.1 Å². The molecule has 0 radical (unpaired) electrons. The Hall–Kier alpha value is -3.07. The van der Waals surface area contributed by atoms with E-state index in [1.54, 1.807) is 12.1 Å². The molecule has 1 fully saturated rings. The molecule has 6 nitrogen and oxygen atoms in total. The van der Waals surface area contributed by atoms with Crippen molar-refractivity contribution in [3.63, 3.8) is 0 Å². The van der Waals surface area contributed by atoms with Crippen LogP contribution in [-0.4, -0.2) is 30.9 Å². The first kappa shape index (κ1) is 19.7. The number of hydrogen-bond donors (Lipinski definition) is 2. The monoisotopic (exact) mass is 394 g/mol. The number of carbonyl (C=O) groups excluding carboxylic acids is 2. The van der Waals surface area contributed by atoms with Gasteiger partial charge in [0.1, 0.15) is 11.9 Å². The number of anilines is 2. The van der Waals surface area contributed by atoms with E-state index in [1.165, 1.54) is 24.3 Å². The first-order valence-electron chi connectivity index (χ1n) is 8.50. The summed E-state index contributed by atoms with van der Waals surface area (Å²) in [4.78, 5) is 24.5. The molecule has 3 rings (SSSR count). The van der Waals surface area contributed by atoms with Crippen molar-refractivity contribution in [2.24, 2.45) is 0 Å². The number of amides is 2. The summed E-state index contributed by atoms with van der Waals surface area (Å²) >= 11 is 0. The number of ether oxygens (including phenoxy) is 2. The maximum Gasteiger partial charge on any atom is 0.573 e. The quantitative estimate of drug-likeness (QED) is 0.805. The lowest BCUT2D eigenvalue weighted by Crippen LogP contribution is -2.27. The summed E-state index contributed by atoms with van der Waals surface area (Å²) in [6, 6.07) is 11.2. The lowest BCUT2D eigenvalue weighted by atomic mass is 10.1. The highest BCUT2D eigenvalue weighted by Crippen LogP contribution is 2.25. The van der Waals surface area contributed by atoms with Gasteiger partial charge in [0.2, 0.25) is 0 Å². The van der Waals surface area contributed by atoms with Gasteiger partial charge in [0, 0.05) is 29.6 Å². The van der Waals surface area contributed by atoms with E-state index in [-0.39, 0.29) is 17.2 Å². The lowest BCUT2D eigenvalue weighted by Gasteiger charge is -2.12. The fourth-order valence-electron chi connectivity index (χ4n) is 2.72. The SMILES string of the molecule is O=C(Nc1cccc(OC(F)(F)F)c1)c1cccc(NC(=O)C2CCCO2)c1. The van der Waals surface area contributed by atoms with Gasteiger partial charge in [0.15, 0.2) is 0 Å². The first-order valence-corrected chi connectivity index (χ1v) is 8.50. The Morgan fingerprint density at radius 1 is 1.04 bits per heavy atom. The Labute approximate surface area is 158 Å². The van der Waals surface area contributed by atoms with Gasteiger partial charge < -0.3 is 20.1 Å². The van der Waals surface area contributed by atoms with Gasteiger partial charge in [0.25, 0.3) is 11.8 Å². The van der Waals surface area contributed by atoms with Gasteiger partial charge in [0.05, 0.1) is 0 Å². The summed E-state index contributed by atoms with van der Waals surface area (Å²) in [6.45, 7) is 0.539. The van der Waals surface area contributed by atoms with Crippen molar-refractivity contribution in [2.75, 3.05) is 17.2 Å². The van der Waals surface area contributed by atoms with Crippen LogP contribution in [0, 0.1) is 0 Å². The van der Waals surface area contributed by atoms with Gasteiger partial charge >= 0.3 is 6.36 Å². The van der Waals surface area contributed by atoms with Crippen LogP contribution in [0.4, 0.5) is 24.5 Å². The van der Waals surface area contributed by atoms with E-state index < -0.39 is 24.1 Å². The molecule has 0 saturated carbocycles. The molecule has 0 aliphatic carbocycles. The topological polar surface area (TPSA) is 76.7 Å². The second-order valence-corrected chi connectivity index (χ2v) is 6.10. The molecule has 28 heavy (non-hydrogen) atoms. The van der Waals surface area contributed by atoms with Crippen molar-refractivity contribution in [2.45, 2.75) is 25.3 Å². The van der Waals surface area contributed by atoms with E-state index in [4.69, 9.17) is 4.74 Å². The molecule has 1 unspecified atom stereocenters. The summed E-state index contributed by atoms with van der Waals surface area (Å²) < 4.78 is 46.1. The van der Waals surface area contributed by atoms with Crippen LogP contribution in [0.25, 0.3) is 0 Å². The molecule has 0 spiro atoms. The second kappa shape index (κ2) is 8.30. The third-order valence-electron chi connectivity index (χ3n) is 3.94. The molecule has 1 aliphatic rings. The highest BCUT2D eigenvalue weighted by atomic mass is 19.4. The number of alkyl halides is 3. The van der Waals surface area contributed by atoms with Crippen molar-refractivity contribution in [1.29, 1.82) is 0 Å². The van der Waals surface area contributed by atoms with Gasteiger partial charge in [-0.2, -0.15) is 0 Å². The molecule has 1 saturated heterocycles. The molecule has 9 heteroatoms. The van der Waals surface area contributed by atoms with Crippen molar-refractivity contribution >= 4 is 23.2 Å². The maximum atomic E-state index is 12.4. The summed E-state index contributed by atoms with van der Waals surface area (Å²) in [5, 5.41) is 5.19. The molecule has 0 bridgehead atoms. The number of benzene rings is 2. The molecule has 2 amide bonds. The molecule has 2 aromatic carbocycles. The fourth-order valence-corrected chi connectivity index (χ4v) is 2.72. The van der Waals surface area contributed by atoms with E-state index >= 15 is 0 Å². The standard InChI is InChI=1S/C19H17F3N2O4/c20-19(21,22)28-15-7-2-6-14(11-15)23-17(25)12-4-1-5-13(10-12)24-18(26)16-8-3-9-27-16/h1-2,4-7,10-11,16H,3,8-9H2,(H,23,25)(H,24,26). The Balaban J connectivity index is 1.66. The Morgan fingerprint density at radius 2 is 1.75 bits per heavy atom. The number of carbonyl (C=O) groups is 2. The third-order valence-corrected chi connectivity index (χ3v) is 3.94. The zero-order valence-corrected chi connectivity index (χ0v) is 14.6. The average Bonchev–Trinajstić information content (AvgIpc) is 3.15. The average molecular weight is 394 g/mol. The minimum Gasteiger partial charge on any atom is -0.406 e. The molecular weight excluding hydrogens is 377 g/mol. The minimum absolute atomic E-state index is 0.139. The molecule has 1 atom stereocenters. The first-order chi connectivity index (χ1) is 13.3. The normalized spacial score (nSPS) is 16.5. The Morgan fingerprint density at radius 3 is 2.43 bits per heavy atom. The van der Waals surface area contributed by atoms with Crippen LogP contribution in [0.2, 0.25) is 0 Å². The van der Waals surface area contributed by atoms with Gasteiger partial charge in [-0.05, 0) is 43.2 Å². The fraction of sp³-hybridized carbons (Fsp3) is 0.263. The highest BCUT2D eigenvalue weighted by molar-refractivity contribution is 6.05. The van der Waals surface area contributed by atoms with E-state index in [0.29, 0.717) is 18.7 Å². The van der Waals surface area contributed by atoms with Crippen molar-refractivity contribution in [3.8, 4) is 5.75 Å². The van der Waals surface area contributed by atoms with Crippen molar-refractivity contribution in [1.82, 2.24) is 0 Å². The van der Waals surface area contributed by atoms with Crippen molar-refractivity contribution < 1.29 is 32.2 Å². The van der Waals surface area contributed by atoms with Crippen LogP contribution in [0.5, 0.6) is 5.75 Å². The number of halogens is 3. The van der Waals surface area contributed by atoms with E-state index in [2.05, 4.69) is 15.4 Å². The number of nitrogens with one attached hydrogen (secondary N) is 2. The Bertz CT molecular complexity index is 864. The van der Waals surface area contributed by atoms with Crippen LogP contribution in [0.3, 0.4) is 0 Å². The van der Waals surface area contributed by atoms with Crippen LogP contribution < -0.4 is 15.4 Å². The van der Waals surface area contributed by atoms with Crippen LogP contribution in [-0.2, 0) is 9.53 Å². The molecule has 1 heterocycles. The number of hydrogen-bond acceptors (Lipinski definition) is 4. The maximum absolute atomic E-state index is 12.4. The summed E-state index contributed by atoms with van der Waals surface area (Å²) in [7, 11) is 0. The third kappa shape index (κ3) is 5.46. The smallest absolute Gasteiger partial charge is 0.406 e. The highest BCUT2D eigenvalue weighted by Gasteiger charge is 2.31. The summed E-state index contributed by atoms with van der Waals surface area (Å²) in [6.07, 6.45) is -3.87. The minimum atomic E-state index is -4.82. The van der Waals surface area contributed by atoms with Gasteiger partial charge in [-0.15, -0.1) is 13.2 Å². The zero-order chi connectivity index (χ0) is 20.1. The molecule has 148 valence electrons. The molecule has 2 N–H and O–H groups in total. The molecular formula is C19H17F3N2O4. The van der Waals surface area contributed by atoms with E-state index in [0.717, 1.165) is 18.6 Å². The molecule has 2 aromatic rings. The largest absolute Gasteiger partial charge is 0.573 e. The van der Waals surface area contributed by atoms with E-state index in [9.17, 15) is 22.8 Å². The second-order valence-electron chi connectivity index (χ2n) is 6.10. The van der Waals surface area contributed by atoms with Crippen LogP contribution in [0.1, 0.15) is 23.2 Å². The van der Waals surface area contributed by atoms with Gasteiger partial charge in [-0.25, -0.2) is 0 Å². The number of rotatable bonds is 5. The Kier molecular flexibility index (Phi) is 5.84. The zero-order valence-electron chi connectivity index (χ0n) is 14.6.